The first-order valence-corrected chi connectivity index (χ1v) is 19.7. The minimum Gasteiger partial charge on any atom is -0.344 e. The fourth-order valence-electron chi connectivity index (χ4n) is 8.44. The molecule has 0 spiro atoms. The van der Waals surface area contributed by atoms with Crippen molar-refractivity contribution in [1.29, 1.82) is 0 Å². The van der Waals surface area contributed by atoms with Crippen LogP contribution in [0.2, 0.25) is 0 Å². The second-order valence-corrected chi connectivity index (χ2v) is 17.6. The Morgan fingerprint density at radius 1 is 0.930 bits per heavy atom. The molecule has 5 aliphatic rings. The molecule has 3 atom stereocenters. The van der Waals surface area contributed by atoms with Gasteiger partial charge in [0.05, 0.1) is 15.7 Å². The standard InChI is InChI=1S/C34H54N4O3S2/c1-25(39)34(27-15-11-10-12-16-27)24-37(31-23-29(19-20-30(31)34)43(40,41)36-33(3)21-22-33)32-38(35-26(2)42-32)28-17-13-8-6-4-5-7-9-14-18-28/h19-20,23,26-28,32,35-36H,4-18,21-22,24H2,1-3H3. The largest absolute Gasteiger partial charge is 0.344 e. The summed E-state index contributed by atoms with van der Waals surface area (Å²) in [5.74, 6) is 0.518. The summed E-state index contributed by atoms with van der Waals surface area (Å²) in [6, 6.07) is 6.09. The Bertz CT molecular complexity index is 1250. The third-order valence-corrected chi connectivity index (χ3v) is 14.1. The number of thioether (sulfide) groups is 1. The first-order valence-electron chi connectivity index (χ1n) is 17.3. The van der Waals surface area contributed by atoms with E-state index in [2.05, 4.69) is 27.0 Å². The molecule has 2 N–H and O–H groups in total. The molecule has 0 aromatic heterocycles. The zero-order valence-electron chi connectivity index (χ0n) is 26.7. The number of hydrazine groups is 1. The van der Waals surface area contributed by atoms with Gasteiger partial charge in [-0.15, -0.1) is 0 Å². The van der Waals surface area contributed by atoms with Crippen LogP contribution in [0.1, 0.15) is 135 Å². The summed E-state index contributed by atoms with van der Waals surface area (Å²) < 4.78 is 30.2. The van der Waals surface area contributed by atoms with Crippen LogP contribution in [0.5, 0.6) is 0 Å². The van der Waals surface area contributed by atoms with Crippen LogP contribution < -0.4 is 15.0 Å². The SMILES string of the molecule is CC(=O)C1(C2CCCCC2)CN(C2SC(C)NN2C2CCCCCCCCCC2)c2cc(S(=O)(=O)NC3(C)CC3)ccc21. The highest BCUT2D eigenvalue weighted by Crippen LogP contribution is 2.53. The van der Waals surface area contributed by atoms with Gasteiger partial charge in [-0.3, -0.25) is 4.79 Å². The van der Waals surface area contributed by atoms with Crippen molar-refractivity contribution in [3.8, 4) is 0 Å². The molecule has 2 heterocycles. The Labute approximate surface area is 264 Å². The first-order chi connectivity index (χ1) is 20.6. The van der Waals surface area contributed by atoms with Crippen molar-refractivity contribution >= 4 is 33.3 Å². The van der Waals surface area contributed by atoms with Crippen LogP contribution in [0, 0.1) is 5.92 Å². The third kappa shape index (κ3) is 6.58. The van der Waals surface area contributed by atoms with E-state index in [1.165, 1.54) is 70.6 Å². The number of sulfonamides is 1. The Kier molecular flexibility index (Phi) is 9.58. The van der Waals surface area contributed by atoms with E-state index >= 15 is 0 Å². The van der Waals surface area contributed by atoms with E-state index in [0.717, 1.165) is 49.8 Å². The number of Topliss-reactive ketones (excluding diaryl/α,β-unsaturated/α-hetero) is 1. The van der Waals surface area contributed by atoms with E-state index in [4.69, 9.17) is 0 Å². The lowest BCUT2D eigenvalue weighted by atomic mass is 9.64. The van der Waals surface area contributed by atoms with Gasteiger partial charge in [0.2, 0.25) is 10.0 Å². The second-order valence-electron chi connectivity index (χ2n) is 14.5. The molecule has 1 aromatic carbocycles. The molecule has 4 fully saturated rings. The summed E-state index contributed by atoms with van der Waals surface area (Å²) in [4.78, 5) is 16.7. The smallest absolute Gasteiger partial charge is 0.241 e. The van der Waals surface area contributed by atoms with Crippen LogP contribution in [-0.2, 0) is 20.2 Å². The van der Waals surface area contributed by atoms with Crippen molar-refractivity contribution in [3.63, 3.8) is 0 Å². The van der Waals surface area contributed by atoms with E-state index in [1.54, 1.807) is 13.0 Å². The number of carbonyl (C=O) groups excluding carboxylic acids is 1. The van der Waals surface area contributed by atoms with Crippen molar-refractivity contribution in [2.75, 3.05) is 11.4 Å². The summed E-state index contributed by atoms with van der Waals surface area (Å²) in [5, 5.41) is 2.76. The molecule has 0 bridgehead atoms. The van der Waals surface area contributed by atoms with Crippen LogP contribution in [0.4, 0.5) is 5.69 Å². The predicted molar refractivity (Wildman–Crippen MR) is 176 cm³/mol. The van der Waals surface area contributed by atoms with Crippen LogP contribution in [-0.4, -0.2) is 48.2 Å². The van der Waals surface area contributed by atoms with Crippen molar-refractivity contribution in [1.82, 2.24) is 15.2 Å². The molecule has 1 aromatic rings. The van der Waals surface area contributed by atoms with E-state index in [9.17, 15) is 13.2 Å². The Morgan fingerprint density at radius 3 is 2.12 bits per heavy atom. The molecule has 6 rings (SSSR count). The average Bonchev–Trinajstić information content (AvgIpc) is 3.42. The molecule has 1 saturated heterocycles. The topological polar surface area (TPSA) is 81.8 Å². The molecule has 3 unspecified atom stereocenters. The normalized spacial score (nSPS) is 31.5. The maximum atomic E-state index is 13.9. The quantitative estimate of drug-likeness (QED) is 0.330. The zero-order chi connectivity index (χ0) is 30.2. The van der Waals surface area contributed by atoms with E-state index in [1.807, 2.05) is 30.8 Å². The van der Waals surface area contributed by atoms with Crippen molar-refractivity contribution in [3.05, 3.63) is 23.8 Å². The summed E-state index contributed by atoms with van der Waals surface area (Å²) >= 11 is 1.91. The highest BCUT2D eigenvalue weighted by atomic mass is 32.2. The molecule has 3 saturated carbocycles. The predicted octanol–water partition coefficient (Wildman–Crippen LogP) is 7.21. The van der Waals surface area contributed by atoms with Crippen LogP contribution >= 0.6 is 11.8 Å². The van der Waals surface area contributed by atoms with Crippen molar-refractivity contribution < 1.29 is 13.2 Å². The minimum atomic E-state index is -3.67. The van der Waals surface area contributed by atoms with Crippen molar-refractivity contribution in [2.24, 2.45) is 5.92 Å². The number of rotatable bonds is 7. The van der Waals surface area contributed by atoms with Gasteiger partial charge in [-0.2, -0.15) is 0 Å². The molecular weight excluding hydrogens is 577 g/mol. The van der Waals surface area contributed by atoms with E-state index in [0.29, 0.717) is 17.5 Å². The van der Waals surface area contributed by atoms with Gasteiger partial charge in [-0.25, -0.2) is 23.6 Å². The fraction of sp³-hybridized carbons (Fsp3) is 0.794. The first kappa shape index (κ1) is 31.8. The van der Waals surface area contributed by atoms with Gasteiger partial charge in [-0.1, -0.05) is 88.5 Å². The number of hydrogen-bond acceptors (Lipinski definition) is 7. The molecular formula is C34H54N4O3S2. The number of ketones is 1. The number of nitrogens with zero attached hydrogens (tertiary/aromatic N) is 2. The van der Waals surface area contributed by atoms with Gasteiger partial charge >= 0.3 is 0 Å². The Balaban J connectivity index is 1.39. The van der Waals surface area contributed by atoms with Gasteiger partial charge in [0.25, 0.3) is 0 Å². The van der Waals surface area contributed by atoms with Crippen molar-refractivity contribution in [2.45, 2.75) is 163 Å². The maximum Gasteiger partial charge on any atom is 0.241 e. The Hall–Kier alpha value is -1.13. The lowest BCUT2D eigenvalue weighted by Crippen LogP contribution is -2.55. The van der Waals surface area contributed by atoms with E-state index in [-0.39, 0.29) is 28.1 Å². The molecule has 7 nitrogen and oxygen atoms in total. The van der Waals surface area contributed by atoms with Crippen LogP contribution in [0.3, 0.4) is 0 Å². The lowest BCUT2D eigenvalue weighted by Gasteiger charge is -2.41. The number of carbonyl (C=O) groups is 1. The van der Waals surface area contributed by atoms with Gasteiger partial charge in [-0.05, 0) is 82.9 Å². The summed E-state index contributed by atoms with van der Waals surface area (Å²) in [5.41, 5.74) is 4.91. The fourth-order valence-corrected chi connectivity index (χ4v) is 11.2. The van der Waals surface area contributed by atoms with Crippen LogP contribution in [0.15, 0.2) is 23.1 Å². The number of anilines is 1. The Morgan fingerprint density at radius 2 is 1.51 bits per heavy atom. The zero-order valence-corrected chi connectivity index (χ0v) is 28.3. The van der Waals surface area contributed by atoms with Gasteiger partial charge in [0.15, 0.2) is 0 Å². The monoisotopic (exact) mass is 630 g/mol. The number of benzene rings is 1. The van der Waals surface area contributed by atoms with Gasteiger partial charge < -0.3 is 4.90 Å². The highest BCUT2D eigenvalue weighted by Gasteiger charge is 2.55. The molecule has 240 valence electrons. The molecule has 0 amide bonds. The van der Waals surface area contributed by atoms with Gasteiger partial charge in [0, 0.05) is 23.8 Å². The van der Waals surface area contributed by atoms with Gasteiger partial charge in [0.1, 0.15) is 11.3 Å². The van der Waals surface area contributed by atoms with E-state index < -0.39 is 15.4 Å². The lowest BCUT2D eigenvalue weighted by molar-refractivity contribution is -0.124. The number of nitrogens with one attached hydrogen (secondary N) is 2. The molecule has 43 heavy (non-hydrogen) atoms. The maximum absolute atomic E-state index is 13.9. The molecule has 2 aliphatic heterocycles. The molecule has 0 radical (unpaired) electrons. The minimum absolute atomic E-state index is 0.0144. The average molecular weight is 631 g/mol. The molecule has 3 aliphatic carbocycles. The molecule has 9 heteroatoms. The third-order valence-electron chi connectivity index (χ3n) is 11.2. The summed E-state index contributed by atoms with van der Waals surface area (Å²) in [6.45, 7) is 6.63. The second kappa shape index (κ2) is 12.9. The highest BCUT2D eigenvalue weighted by molar-refractivity contribution is 8.00. The summed E-state index contributed by atoms with van der Waals surface area (Å²) in [6.07, 6.45) is 20.3. The summed E-state index contributed by atoms with van der Waals surface area (Å²) in [7, 11) is -3.67. The van der Waals surface area contributed by atoms with Crippen LogP contribution in [0.25, 0.3) is 0 Å². The number of hydrogen-bond donors (Lipinski definition) is 2. The number of fused-ring (bicyclic) bond motifs is 1.